The van der Waals surface area contributed by atoms with E-state index in [1.807, 2.05) is 0 Å². The molecule has 1 aromatic rings. The Balaban J connectivity index is 1.80. The fourth-order valence-electron chi connectivity index (χ4n) is 2.66. The molecule has 17 heavy (non-hydrogen) atoms. The van der Waals surface area contributed by atoms with Crippen LogP contribution in [0.15, 0.2) is 24.3 Å². The summed E-state index contributed by atoms with van der Waals surface area (Å²) in [5.41, 5.74) is 3.01. The van der Waals surface area contributed by atoms with E-state index >= 15 is 0 Å². The third kappa shape index (κ3) is 3.32. The monoisotopic (exact) mass is 232 g/mol. The van der Waals surface area contributed by atoms with Gasteiger partial charge in [0.2, 0.25) is 0 Å². The normalized spacial score (nSPS) is 18.5. The number of esters is 1. The SMILES string of the molecule is COC(=O)CCCC1CCc2ccccc2C1. The zero-order chi connectivity index (χ0) is 12.1. The highest BCUT2D eigenvalue weighted by Crippen LogP contribution is 2.28. The lowest BCUT2D eigenvalue weighted by molar-refractivity contribution is -0.140. The number of methoxy groups -OCH3 is 1. The lowest BCUT2D eigenvalue weighted by Gasteiger charge is -2.24. The van der Waals surface area contributed by atoms with Crippen molar-refractivity contribution in [3.8, 4) is 0 Å². The second-order valence-electron chi connectivity index (χ2n) is 4.85. The molecule has 0 aromatic heterocycles. The highest BCUT2D eigenvalue weighted by molar-refractivity contribution is 5.68. The first kappa shape index (κ1) is 12.2. The van der Waals surface area contributed by atoms with E-state index in [9.17, 15) is 4.79 Å². The van der Waals surface area contributed by atoms with E-state index in [-0.39, 0.29) is 5.97 Å². The minimum absolute atomic E-state index is 0.0822. The van der Waals surface area contributed by atoms with Gasteiger partial charge >= 0.3 is 5.97 Å². The maximum absolute atomic E-state index is 11.0. The van der Waals surface area contributed by atoms with Crippen molar-refractivity contribution in [2.75, 3.05) is 7.11 Å². The van der Waals surface area contributed by atoms with E-state index in [1.165, 1.54) is 37.5 Å². The Morgan fingerprint density at radius 3 is 2.88 bits per heavy atom. The Morgan fingerprint density at radius 1 is 1.35 bits per heavy atom. The Hall–Kier alpha value is -1.31. The van der Waals surface area contributed by atoms with Crippen molar-refractivity contribution in [1.29, 1.82) is 0 Å². The predicted molar refractivity (Wildman–Crippen MR) is 67.8 cm³/mol. The molecule has 0 aliphatic heterocycles. The minimum Gasteiger partial charge on any atom is -0.469 e. The molecular weight excluding hydrogens is 212 g/mol. The number of hydrogen-bond acceptors (Lipinski definition) is 2. The number of carbonyl (C=O) groups excluding carboxylic acids is 1. The van der Waals surface area contributed by atoms with Crippen molar-refractivity contribution in [3.05, 3.63) is 35.4 Å². The van der Waals surface area contributed by atoms with Crippen LogP contribution in [0.1, 0.15) is 36.8 Å². The van der Waals surface area contributed by atoms with E-state index in [2.05, 4.69) is 29.0 Å². The van der Waals surface area contributed by atoms with Gasteiger partial charge in [-0.05, 0) is 49.1 Å². The van der Waals surface area contributed by atoms with Gasteiger partial charge in [-0.2, -0.15) is 0 Å². The topological polar surface area (TPSA) is 26.3 Å². The summed E-state index contributed by atoms with van der Waals surface area (Å²) >= 11 is 0. The molecule has 0 heterocycles. The summed E-state index contributed by atoms with van der Waals surface area (Å²) in [5.74, 6) is 0.663. The van der Waals surface area contributed by atoms with Crippen LogP contribution in [-0.2, 0) is 22.4 Å². The van der Waals surface area contributed by atoms with Crippen LogP contribution >= 0.6 is 0 Å². The number of carbonyl (C=O) groups is 1. The summed E-state index contributed by atoms with van der Waals surface area (Å²) in [5, 5.41) is 0. The van der Waals surface area contributed by atoms with Gasteiger partial charge in [-0.15, -0.1) is 0 Å². The van der Waals surface area contributed by atoms with Gasteiger partial charge in [0, 0.05) is 6.42 Å². The Labute approximate surface area is 103 Å². The molecule has 1 atom stereocenters. The molecule has 0 N–H and O–H groups in total. The van der Waals surface area contributed by atoms with Gasteiger partial charge in [0.15, 0.2) is 0 Å². The Kier molecular flexibility index (Phi) is 4.18. The summed E-state index contributed by atoms with van der Waals surface area (Å²) in [4.78, 5) is 11.0. The van der Waals surface area contributed by atoms with Gasteiger partial charge in [-0.25, -0.2) is 0 Å². The average Bonchev–Trinajstić information content (AvgIpc) is 2.38. The molecule has 0 fully saturated rings. The fourth-order valence-corrected chi connectivity index (χ4v) is 2.66. The Morgan fingerprint density at radius 2 is 2.12 bits per heavy atom. The van der Waals surface area contributed by atoms with E-state index in [4.69, 9.17) is 0 Å². The molecular formula is C15H20O2. The van der Waals surface area contributed by atoms with Crippen molar-refractivity contribution in [2.45, 2.75) is 38.5 Å². The van der Waals surface area contributed by atoms with E-state index in [0.29, 0.717) is 6.42 Å². The molecule has 1 aliphatic carbocycles. The second kappa shape index (κ2) is 5.85. The van der Waals surface area contributed by atoms with Gasteiger partial charge in [-0.3, -0.25) is 4.79 Å². The summed E-state index contributed by atoms with van der Waals surface area (Å²) in [6, 6.07) is 8.72. The van der Waals surface area contributed by atoms with Crippen molar-refractivity contribution in [1.82, 2.24) is 0 Å². The van der Waals surface area contributed by atoms with E-state index in [1.54, 1.807) is 0 Å². The predicted octanol–water partition coefficient (Wildman–Crippen LogP) is 3.13. The fraction of sp³-hybridized carbons (Fsp3) is 0.533. The van der Waals surface area contributed by atoms with Crippen molar-refractivity contribution >= 4 is 5.97 Å². The van der Waals surface area contributed by atoms with Crippen LogP contribution in [-0.4, -0.2) is 13.1 Å². The van der Waals surface area contributed by atoms with Gasteiger partial charge in [0.25, 0.3) is 0 Å². The molecule has 0 spiro atoms. The first-order valence-electron chi connectivity index (χ1n) is 6.43. The van der Waals surface area contributed by atoms with Crippen LogP contribution in [0.2, 0.25) is 0 Å². The molecule has 0 amide bonds. The maximum atomic E-state index is 11.0. The highest BCUT2D eigenvalue weighted by Gasteiger charge is 2.18. The molecule has 1 aromatic carbocycles. The third-order valence-corrected chi connectivity index (χ3v) is 3.67. The van der Waals surface area contributed by atoms with Gasteiger partial charge in [0.1, 0.15) is 0 Å². The average molecular weight is 232 g/mol. The Bertz CT molecular complexity index is 384. The highest BCUT2D eigenvalue weighted by atomic mass is 16.5. The molecule has 0 saturated carbocycles. The number of aryl methyl sites for hydroxylation is 1. The largest absolute Gasteiger partial charge is 0.469 e. The number of ether oxygens (including phenoxy) is 1. The first-order chi connectivity index (χ1) is 8.29. The quantitative estimate of drug-likeness (QED) is 0.745. The molecule has 1 aliphatic rings. The standard InChI is InChI=1S/C15H20O2/c1-17-15(16)8-4-5-12-9-10-13-6-2-3-7-14(13)11-12/h2-3,6-7,12H,4-5,8-11H2,1H3. The van der Waals surface area contributed by atoms with Crippen LogP contribution < -0.4 is 0 Å². The molecule has 2 nitrogen and oxygen atoms in total. The molecule has 0 saturated heterocycles. The molecule has 1 unspecified atom stereocenters. The van der Waals surface area contributed by atoms with E-state index < -0.39 is 0 Å². The first-order valence-corrected chi connectivity index (χ1v) is 6.43. The number of rotatable bonds is 4. The lowest BCUT2D eigenvalue weighted by Crippen LogP contribution is -2.14. The molecule has 2 heteroatoms. The number of fused-ring (bicyclic) bond motifs is 1. The van der Waals surface area contributed by atoms with Crippen molar-refractivity contribution < 1.29 is 9.53 Å². The van der Waals surface area contributed by atoms with Crippen molar-refractivity contribution in [2.24, 2.45) is 5.92 Å². The lowest BCUT2D eigenvalue weighted by atomic mass is 9.81. The second-order valence-corrected chi connectivity index (χ2v) is 4.85. The smallest absolute Gasteiger partial charge is 0.305 e. The summed E-state index contributed by atoms with van der Waals surface area (Å²) < 4.78 is 4.66. The molecule has 0 radical (unpaired) electrons. The zero-order valence-corrected chi connectivity index (χ0v) is 10.4. The molecule has 92 valence electrons. The molecule has 0 bridgehead atoms. The van der Waals surface area contributed by atoms with Crippen LogP contribution in [0.5, 0.6) is 0 Å². The van der Waals surface area contributed by atoms with E-state index in [0.717, 1.165) is 18.8 Å². The van der Waals surface area contributed by atoms with Gasteiger partial charge < -0.3 is 4.74 Å². The third-order valence-electron chi connectivity index (χ3n) is 3.67. The summed E-state index contributed by atoms with van der Waals surface area (Å²) in [6.45, 7) is 0. The maximum Gasteiger partial charge on any atom is 0.305 e. The number of benzene rings is 1. The van der Waals surface area contributed by atoms with Crippen LogP contribution in [0.25, 0.3) is 0 Å². The van der Waals surface area contributed by atoms with Gasteiger partial charge in [0.05, 0.1) is 7.11 Å². The van der Waals surface area contributed by atoms with Crippen LogP contribution in [0.3, 0.4) is 0 Å². The van der Waals surface area contributed by atoms with Crippen LogP contribution in [0.4, 0.5) is 0 Å². The zero-order valence-electron chi connectivity index (χ0n) is 10.4. The van der Waals surface area contributed by atoms with Crippen molar-refractivity contribution in [3.63, 3.8) is 0 Å². The summed E-state index contributed by atoms with van der Waals surface area (Å²) in [7, 11) is 1.46. The molecule has 2 rings (SSSR count). The van der Waals surface area contributed by atoms with Crippen LogP contribution in [0, 0.1) is 5.92 Å². The summed E-state index contributed by atoms with van der Waals surface area (Å²) in [6.07, 6.45) is 6.30. The van der Waals surface area contributed by atoms with Gasteiger partial charge in [-0.1, -0.05) is 24.3 Å². The number of hydrogen-bond donors (Lipinski definition) is 0. The minimum atomic E-state index is -0.0822.